The SMILES string of the molecule is COc1ccc(-c2nnc([C@@H](C)Sc3nnc(Cc4ccccc4F)n3N)o2)cc1. The van der Waals surface area contributed by atoms with Crippen molar-refractivity contribution >= 4 is 11.8 Å². The maximum Gasteiger partial charge on any atom is 0.247 e. The van der Waals surface area contributed by atoms with Gasteiger partial charge in [0.15, 0.2) is 5.82 Å². The first kappa shape index (κ1) is 19.9. The minimum atomic E-state index is -0.306. The summed E-state index contributed by atoms with van der Waals surface area (Å²) < 4.78 is 26.2. The van der Waals surface area contributed by atoms with Crippen LogP contribution in [0.25, 0.3) is 11.5 Å². The molecule has 2 aromatic carbocycles. The molecule has 0 saturated heterocycles. The molecule has 10 heteroatoms. The Balaban J connectivity index is 1.46. The monoisotopic (exact) mass is 426 g/mol. The summed E-state index contributed by atoms with van der Waals surface area (Å²) in [5.41, 5.74) is 1.29. The number of rotatable bonds is 7. The van der Waals surface area contributed by atoms with Crippen LogP contribution in [-0.2, 0) is 6.42 Å². The van der Waals surface area contributed by atoms with Gasteiger partial charge in [-0.15, -0.1) is 20.4 Å². The third-order valence-corrected chi connectivity index (χ3v) is 5.49. The molecule has 0 unspecified atom stereocenters. The molecule has 154 valence electrons. The van der Waals surface area contributed by atoms with E-state index in [1.54, 1.807) is 25.3 Å². The lowest BCUT2D eigenvalue weighted by atomic mass is 10.1. The largest absolute Gasteiger partial charge is 0.497 e. The highest BCUT2D eigenvalue weighted by atomic mass is 32.2. The molecular weight excluding hydrogens is 407 g/mol. The van der Waals surface area contributed by atoms with Gasteiger partial charge in [-0.25, -0.2) is 9.07 Å². The van der Waals surface area contributed by atoms with E-state index in [2.05, 4.69) is 20.4 Å². The zero-order valence-corrected chi connectivity index (χ0v) is 17.1. The molecule has 4 aromatic rings. The summed E-state index contributed by atoms with van der Waals surface area (Å²) in [5, 5.41) is 16.7. The number of hydrogen-bond donors (Lipinski definition) is 1. The van der Waals surface area contributed by atoms with Gasteiger partial charge in [-0.1, -0.05) is 30.0 Å². The lowest BCUT2D eigenvalue weighted by molar-refractivity contribution is 0.415. The van der Waals surface area contributed by atoms with Crippen LogP contribution < -0.4 is 10.6 Å². The van der Waals surface area contributed by atoms with Crippen LogP contribution in [0.2, 0.25) is 0 Å². The molecule has 0 spiro atoms. The molecule has 0 fully saturated rings. The molecule has 0 aliphatic carbocycles. The highest BCUT2D eigenvalue weighted by Gasteiger charge is 2.21. The third-order valence-electron chi connectivity index (χ3n) is 4.45. The summed E-state index contributed by atoms with van der Waals surface area (Å²) in [5.74, 6) is 7.87. The van der Waals surface area contributed by atoms with Gasteiger partial charge in [0, 0.05) is 12.0 Å². The minimum absolute atomic E-state index is 0.211. The fourth-order valence-electron chi connectivity index (χ4n) is 2.78. The van der Waals surface area contributed by atoms with E-state index in [0.717, 1.165) is 11.3 Å². The fraction of sp³-hybridized carbons (Fsp3) is 0.200. The summed E-state index contributed by atoms with van der Waals surface area (Å²) in [6.45, 7) is 1.90. The number of ether oxygens (including phenoxy) is 1. The second-order valence-electron chi connectivity index (χ2n) is 6.47. The van der Waals surface area contributed by atoms with Gasteiger partial charge >= 0.3 is 0 Å². The quantitative estimate of drug-likeness (QED) is 0.353. The van der Waals surface area contributed by atoms with E-state index in [1.807, 2.05) is 31.2 Å². The smallest absolute Gasteiger partial charge is 0.247 e. The number of benzene rings is 2. The molecule has 1 atom stereocenters. The average molecular weight is 426 g/mol. The van der Waals surface area contributed by atoms with E-state index in [-0.39, 0.29) is 17.5 Å². The van der Waals surface area contributed by atoms with Crippen molar-refractivity contribution in [2.75, 3.05) is 13.0 Å². The van der Waals surface area contributed by atoms with Crippen LogP contribution in [0.5, 0.6) is 5.75 Å². The Morgan fingerprint density at radius 1 is 1.10 bits per heavy atom. The summed E-state index contributed by atoms with van der Waals surface area (Å²) in [6.07, 6.45) is 0.243. The predicted octanol–water partition coefficient (Wildman–Crippen LogP) is 3.63. The van der Waals surface area contributed by atoms with Gasteiger partial charge in [0.2, 0.25) is 16.9 Å². The molecule has 0 aliphatic heterocycles. The van der Waals surface area contributed by atoms with Crippen molar-refractivity contribution < 1.29 is 13.5 Å². The molecule has 0 saturated carbocycles. The van der Waals surface area contributed by atoms with Gasteiger partial charge in [-0.05, 0) is 42.8 Å². The van der Waals surface area contributed by atoms with E-state index in [9.17, 15) is 4.39 Å². The Hall–Kier alpha value is -3.40. The highest BCUT2D eigenvalue weighted by Crippen LogP contribution is 2.34. The standard InChI is InChI=1S/C20H19FN6O2S/c1-12(18-24-25-19(29-18)13-7-9-15(28-2)10-8-13)30-20-26-23-17(27(20)22)11-14-5-3-4-6-16(14)21/h3-10,12H,11,22H2,1-2H3/t12-/m1/s1. The van der Waals surface area contributed by atoms with Crippen molar-refractivity contribution in [2.24, 2.45) is 0 Å². The highest BCUT2D eigenvalue weighted by molar-refractivity contribution is 7.99. The van der Waals surface area contributed by atoms with Crippen molar-refractivity contribution in [2.45, 2.75) is 23.8 Å². The van der Waals surface area contributed by atoms with Crippen LogP contribution >= 0.6 is 11.8 Å². The Labute approximate surface area is 176 Å². The van der Waals surface area contributed by atoms with Crippen molar-refractivity contribution in [3.8, 4) is 17.2 Å². The van der Waals surface area contributed by atoms with E-state index in [4.69, 9.17) is 15.0 Å². The van der Waals surface area contributed by atoms with Crippen LogP contribution in [0, 0.1) is 5.82 Å². The van der Waals surface area contributed by atoms with E-state index in [1.165, 1.54) is 22.5 Å². The van der Waals surface area contributed by atoms with Gasteiger partial charge in [0.1, 0.15) is 11.6 Å². The van der Waals surface area contributed by atoms with Crippen molar-refractivity contribution in [1.29, 1.82) is 0 Å². The molecule has 0 amide bonds. The molecule has 2 heterocycles. The average Bonchev–Trinajstić information content (AvgIpc) is 3.38. The van der Waals surface area contributed by atoms with Gasteiger partial charge in [-0.2, -0.15) is 0 Å². The Morgan fingerprint density at radius 2 is 1.87 bits per heavy atom. The molecule has 4 rings (SSSR count). The predicted molar refractivity (Wildman–Crippen MR) is 110 cm³/mol. The van der Waals surface area contributed by atoms with Gasteiger partial charge in [-0.3, -0.25) is 0 Å². The third kappa shape index (κ3) is 4.13. The fourth-order valence-corrected chi connectivity index (χ4v) is 3.60. The molecule has 0 radical (unpaired) electrons. The van der Waals surface area contributed by atoms with E-state index >= 15 is 0 Å². The lowest BCUT2D eigenvalue weighted by Gasteiger charge is -2.07. The molecular formula is C20H19FN6O2S. The maximum atomic E-state index is 13.9. The van der Waals surface area contributed by atoms with E-state index < -0.39 is 0 Å². The number of methoxy groups -OCH3 is 1. The minimum Gasteiger partial charge on any atom is -0.497 e. The molecule has 8 nitrogen and oxygen atoms in total. The number of aromatic nitrogens is 5. The topological polar surface area (TPSA) is 105 Å². The number of nitrogen functional groups attached to an aromatic ring is 1. The zero-order chi connectivity index (χ0) is 21.1. The van der Waals surface area contributed by atoms with Gasteiger partial charge in [0.05, 0.1) is 12.4 Å². The maximum absolute atomic E-state index is 13.9. The normalized spacial score (nSPS) is 12.1. The van der Waals surface area contributed by atoms with Crippen molar-refractivity contribution in [3.63, 3.8) is 0 Å². The van der Waals surface area contributed by atoms with Gasteiger partial charge in [0.25, 0.3) is 0 Å². The Kier molecular flexibility index (Phi) is 5.66. The first-order valence-electron chi connectivity index (χ1n) is 9.12. The number of halogens is 1. The number of nitrogens with zero attached hydrogens (tertiary/aromatic N) is 5. The second-order valence-corrected chi connectivity index (χ2v) is 7.78. The lowest BCUT2D eigenvalue weighted by Crippen LogP contribution is -2.15. The second kappa shape index (κ2) is 8.54. The van der Waals surface area contributed by atoms with Crippen LogP contribution in [-0.4, -0.2) is 32.2 Å². The number of hydrogen-bond acceptors (Lipinski definition) is 8. The molecule has 2 aromatic heterocycles. The van der Waals surface area contributed by atoms with Crippen LogP contribution in [0.4, 0.5) is 4.39 Å². The Bertz CT molecular complexity index is 1140. The molecule has 0 aliphatic rings. The molecule has 30 heavy (non-hydrogen) atoms. The number of thioether (sulfide) groups is 1. The summed E-state index contributed by atoms with van der Waals surface area (Å²) in [4.78, 5) is 0. The van der Waals surface area contributed by atoms with E-state index in [0.29, 0.717) is 28.3 Å². The van der Waals surface area contributed by atoms with Crippen molar-refractivity contribution in [1.82, 2.24) is 25.1 Å². The molecule has 0 bridgehead atoms. The summed E-state index contributed by atoms with van der Waals surface area (Å²) in [7, 11) is 1.61. The van der Waals surface area contributed by atoms with Crippen molar-refractivity contribution in [3.05, 3.63) is 71.6 Å². The first-order valence-corrected chi connectivity index (χ1v) is 10.0. The summed E-state index contributed by atoms with van der Waals surface area (Å²) in [6, 6.07) is 13.8. The van der Waals surface area contributed by atoms with Crippen LogP contribution in [0.1, 0.15) is 29.5 Å². The Morgan fingerprint density at radius 3 is 2.60 bits per heavy atom. The summed E-state index contributed by atoms with van der Waals surface area (Å²) >= 11 is 1.33. The van der Waals surface area contributed by atoms with Crippen LogP contribution in [0.15, 0.2) is 58.1 Å². The van der Waals surface area contributed by atoms with Crippen LogP contribution in [0.3, 0.4) is 0 Å². The van der Waals surface area contributed by atoms with Gasteiger partial charge < -0.3 is 15.0 Å². The molecule has 2 N–H and O–H groups in total. The first-order chi connectivity index (χ1) is 14.5. The number of nitrogens with two attached hydrogens (primary N) is 1. The zero-order valence-electron chi connectivity index (χ0n) is 16.3.